The number of nitrogens with one attached hydrogen (secondary N) is 1. The van der Waals surface area contributed by atoms with Crippen LogP contribution in [0.3, 0.4) is 0 Å². The molecule has 1 amide bonds. The molecule has 2 heterocycles. The Morgan fingerprint density at radius 1 is 1.35 bits per heavy atom. The van der Waals surface area contributed by atoms with Crippen molar-refractivity contribution in [3.8, 4) is 0 Å². The first kappa shape index (κ1) is 12.5. The molecule has 0 unspecified atom stereocenters. The Labute approximate surface area is 116 Å². The van der Waals surface area contributed by atoms with Gasteiger partial charge in [0.15, 0.2) is 5.69 Å². The van der Waals surface area contributed by atoms with E-state index in [9.17, 15) is 4.79 Å². The van der Waals surface area contributed by atoms with E-state index in [0.717, 1.165) is 5.69 Å². The first-order chi connectivity index (χ1) is 9.63. The zero-order chi connectivity index (χ0) is 14.1. The van der Waals surface area contributed by atoms with Crippen molar-refractivity contribution < 1.29 is 4.79 Å². The molecule has 3 rings (SSSR count). The molecule has 0 spiro atoms. The highest BCUT2D eigenvalue weighted by Crippen LogP contribution is 2.39. The van der Waals surface area contributed by atoms with Gasteiger partial charge in [0.05, 0.1) is 11.4 Å². The highest BCUT2D eigenvalue weighted by molar-refractivity contribution is 5.96. The fourth-order valence-electron chi connectivity index (χ4n) is 2.03. The van der Waals surface area contributed by atoms with Crippen molar-refractivity contribution in [3.63, 3.8) is 0 Å². The van der Waals surface area contributed by atoms with E-state index in [1.807, 2.05) is 18.2 Å². The standard InChI is InChI=1S/C14H15N5O/c1-8-7-11(13(14(15)20)19-18-8)17-12-4-2-3-10(16-12)9-5-6-9/h2-4,7,9H,5-6H2,1H3,(H2,15,20)(H,16,17,18). The minimum atomic E-state index is -0.613. The molecular formula is C14H15N5O. The molecule has 102 valence electrons. The third-order valence-corrected chi connectivity index (χ3v) is 3.18. The number of primary amides is 1. The van der Waals surface area contributed by atoms with Crippen LogP contribution < -0.4 is 11.1 Å². The molecule has 20 heavy (non-hydrogen) atoms. The zero-order valence-corrected chi connectivity index (χ0v) is 11.1. The van der Waals surface area contributed by atoms with Gasteiger partial charge in [0.2, 0.25) is 0 Å². The van der Waals surface area contributed by atoms with Crippen molar-refractivity contribution in [2.45, 2.75) is 25.7 Å². The number of rotatable bonds is 4. The lowest BCUT2D eigenvalue weighted by molar-refractivity contribution is 0.0995. The molecule has 1 aliphatic carbocycles. The van der Waals surface area contributed by atoms with Crippen LogP contribution in [0, 0.1) is 6.92 Å². The average Bonchev–Trinajstić information content (AvgIpc) is 3.23. The maximum atomic E-state index is 11.4. The molecule has 0 saturated heterocycles. The molecule has 1 saturated carbocycles. The van der Waals surface area contributed by atoms with Crippen LogP contribution in [0.5, 0.6) is 0 Å². The number of aryl methyl sites for hydroxylation is 1. The van der Waals surface area contributed by atoms with E-state index in [1.165, 1.54) is 12.8 Å². The number of nitrogens with zero attached hydrogens (tertiary/aromatic N) is 3. The van der Waals surface area contributed by atoms with Crippen LogP contribution in [0.2, 0.25) is 0 Å². The molecule has 0 aliphatic heterocycles. The van der Waals surface area contributed by atoms with Crippen LogP contribution in [0.4, 0.5) is 11.5 Å². The molecule has 6 nitrogen and oxygen atoms in total. The van der Waals surface area contributed by atoms with Crippen LogP contribution in [0.25, 0.3) is 0 Å². The Morgan fingerprint density at radius 3 is 2.85 bits per heavy atom. The molecule has 0 aromatic carbocycles. The van der Waals surface area contributed by atoms with Crippen molar-refractivity contribution in [2.24, 2.45) is 5.73 Å². The predicted molar refractivity (Wildman–Crippen MR) is 74.8 cm³/mol. The van der Waals surface area contributed by atoms with Crippen molar-refractivity contribution in [1.82, 2.24) is 15.2 Å². The van der Waals surface area contributed by atoms with Gasteiger partial charge in [-0.3, -0.25) is 4.79 Å². The van der Waals surface area contributed by atoms with Gasteiger partial charge in [0.25, 0.3) is 5.91 Å². The number of pyridine rings is 1. The Morgan fingerprint density at radius 2 is 2.15 bits per heavy atom. The van der Waals surface area contributed by atoms with Crippen molar-refractivity contribution >= 4 is 17.4 Å². The lowest BCUT2D eigenvalue weighted by Crippen LogP contribution is -2.16. The number of carbonyl (C=O) groups is 1. The van der Waals surface area contributed by atoms with Gasteiger partial charge >= 0.3 is 0 Å². The SMILES string of the molecule is Cc1cc(Nc2cccc(C3CC3)n2)c(C(N)=O)nn1. The average molecular weight is 269 g/mol. The number of anilines is 2. The molecule has 0 bridgehead atoms. The van der Waals surface area contributed by atoms with Gasteiger partial charge in [0, 0.05) is 11.6 Å². The second-order valence-electron chi connectivity index (χ2n) is 4.96. The summed E-state index contributed by atoms with van der Waals surface area (Å²) in [4.78, 5) is 15.9. The van der Waals surface area contributed by atoms with E-state index >= 15 is 0 Å². The molecule has 2 aromatic rings. The Kier molecular flexibility index (Phi) is 3.06. The first-order valence-electron chi connectivity index (χ1n) is 6.51. The van der Waals surface area contributed by atoms with Crippen LogP contribution in [0.15, 0.2) is 24.3 Å². The third-order valence-electron chi connectivity index (χ3n) is 3.18. The fourth-order valence-corrected chi connectivity index (χ4v) is 2.03. The van der Waals surface area contributed by atoms with Crippen molar-refractivity contribution in [1.29, 1.82) is 0 Å². The van der Waals surface area contributed by atoms with Crippen LogP contribution in [-0.4, -0.2) is 21.1 Å². The Bertz CT molecular complexity index is 666. The molecule has 2 aromatic heterocycles. The van der Waals surface area contributed by atoms with E-state index in [2.05, 4.69) is 20.5 Å². The van der Waals surface area contributed by atoms with Gasteiger partial charge < -0.3 is 11.1 Å². The smallest absolute Gasteiger partial charge is 0.271 e. The van der Waals surface area contributed by atoms with Gasteiger partial charge in [-0.25, -0.2) is 4.98 Å². The summed E-state index contributed by atoms with van der Waals surface area (Å²) in [5, 5.41) is 10.8. The predicted octanol–water partition coefficient (Wildman–Crippen LogP) is 1.90. The summed E-state index contributed by atoms with van der Waals surface area (Å²) < 4.78 is 0. The van der Waals surface area contributed by atoms with Crippen LogP contribution >= 0.6 is 0 Å². The second kappa shape index (κ2) is 4.88. The lowest BCUT2D eigenvalue weighted by atomic mass is 10.2. The van der Waals surface area contributed by atoms with E-state index in [4.69, 9.17) is 5.73 Å². The molecular weight excluding hydrogens is 254 g/mol. The normalized spacial score (nSPS) is 14.1. The summed E-state index contributed by atoms with van der Waals surface area (Å²) in [5.74, 6) is 0.646. The number of amides is 1. The van der Waals surface area contributed by atoms with E-state index in [-0.39, 0.29) is 5.69 Å². The van der Waals surface area contributed by atoms with Crippen molar-refractivity contribution in [2.75, 3.05) is 5.32 Å². The van der Waals surface area contributed by atoms with Crippen LogP contribution in [-0.2, 0) is 0 Å². The number of carbonyl (C=O) groups excluding carboxylic acids is 1. The number of aromatic nitrogens is 3. The molecule has 1 fully saturated rings. The summed E-state index contributed by atoms with van der Waals surface area (Å²) >= 11 is 0. The molecule has 1 aliphatic rings. The summed E-state index contributed by atoms with van der Waals surface area (Å²) in [5.41, 5.74) is 7.74. The van der Waals surface area contributed by atoms with Gasteiger partial charge in [-0.2, -0.15) is 5.10 Å². The quantitative estimate of drug-likeness (QED) is 0.884. The molecule has 0 atom stereocenters. The maximum absolute atomic E-state index is 11.4. The van der Waals surface area contributed by atoms with Gasteiger partial charge in [-0.05, 0) is 38.0 Å². The fraction of sp³-hybridized carbons (Fsp3) is 0.286. The summed E-state index contributed by atoms with van der Waals surface area (Å²) in [6.45, 7) is 1.80. The minimum Gasteiger partial charge on any atom is -0.364 e. The largest absolute Gasteiger partial charge is 0.364 e. The van der Waals surface area contributed by atoms with Gasteiger partial charge in [-0.15, -0.1) is 5.10 Å². The van der Waals surface area contributed by atoms with Gasteiger partial charge in [0.1, 0.15) is 5.82 Å². The Hall–Kier alpha value is -2.50. The van der Waals surface area contributed by atoms with Crippen LogP contribution in [0.1, 0.15) is 40.6 Å². The lowest BCUT2D eigenvalue weighted by Gasteiger charge is -2.09. The number of nitrogens with two attached hydrogens (primary N) is 1. The summed E-state index contributed by atoms with van der Waals surface area (Å²) in [7, 11) is 0. The molecule has 0 radical (unpaired) electrons. The monoisotopic (exact) mass is 269 g/mol. The van der Waals surface area contributed by atoms with Crippen molar-refractivity contribution in [3.05, 3.63) is 41.3 Å². The number of hydrogen-bond donors (Lipinski definition) is 2. The van der Waals surface area contributed by atoms with E-state index in [0.29, 0.717) is 23.1 Å². The number of hydrogen-bond acceptors (Lipinski definition) is 5. The highest BCUT2D eigenvalue weighted by atomic mass is 16.1. The minimum absolute atomic E-state index is 0.120. The van der Waals surface area contributed by atoms with E-state index in [1.54, 1.807) is 13.0 Å². The van der Waals surface area contributed by atoms with Gasteiger partial charge in [-0.1, -0.05) is 6.07 Å². The maximum Gasteiger partial charge on any atom is 0.271 e. The third kappa shape index (κ3) is 2.59. The molecule has 6 heteroatoms. The first-order valence-corrected chi connectivity index (χ1v) is 6.51. The second-order valence-corrected chi connectivity index (χ2v) is 4.96. The Balaban J connectivity index is 1.92. The van der Waals surface area contributed by atoms with E-state index < -0.39 is 5.91 Å². The summed E-state index contributed by atoms with van der Waals surface area (Å²) in [6, 6.07) is 7.56. The summed E-state index contributed by atoms with van der Waals surface area (Å²) in [6.07, 6.45) is 2.39. The zero-order valence-electron chi connectivity index (χ0n) is 11.1. The highest BCUT2D eigenvalue weighted by Gasteiger charge is 2.25. The topological polar surface area (TPSA) is 93.8 Å². The molecule has 3 N–H and O–H groups in total.